The van der Waals surface area contributed by atoms with Crippen LogP contribution in [-0.2, 0) is 0 Å². The maximum absolute atomic E-state index is 5.06. The molecule has 1 unspecified atom stereocenters. The number of para-hydroxylation sites is 3. The topological polar surface area (TPSA) is 55.4 Å². The lowest BCUT2D eigenvalue weighted by molar-refractivity contribution is 0.697. The number of benzene rings is 6. The number of fused-ring (bicyclic) bond motifs is 4. The Morgan fingerprint density at radius 2 is 1.13 bits per heavy atom. The van der Waals surface area contributed by atoms with Crippen LogP contribution in [0.3, 0.4) is 0 Å². The molecule has 0 fully saturated rings. The van der Waals surface area contributed by atoms with Crippen molar-refractivity contribution >= 4 is 44.3 Å². The van der Waals surface area contributed by atoms with Crippen LogP contribution in [0.1, 0.15) is 29.4 Å². The number of hydrogen-bond donors (Lipinski definition) is 0. The Bertz CT molecular complexity index is 2420. The standard InChI is InChI=1S/C42H29N5/c1-2-10-31(11-3-1)41-45-37(26-38(46-41)42-43-27-32-12-4-7-15-36(32)44-42)30-20-18-28(19-21-30)29-22-24-33(25-23-29)47-39-16-8-5-13-34(39)35-14-6-9-17-40(35)47/h1-25,27,38H,26H2. The third-order valence-corrected chi connectivity index (χ3v) is 9.00. The first-order valence-electron chi connectivity index (χ1n) is 15.9. The molecule has 0 aliphatic carbocycles. The lowest BCUT2D eigenvalue weighted by Gasteiger charge is -2.20. The summed E-state index contributed by atoms with van der Waals surface area (Å²) in [5, 5.41) is 3.55. The van der Waals surface area contributed by atoms with Crippen LogP contribution in [0.25, 0.3) is 49.5 Å². The highest BCUT2D eigenvalue weighted by Crippen LogP contribution is 2.33. The van der Waals surface area contributed by atoms with Gasteiger partial charge in [-0.25, -0.2) is 15.0 Å². The van der Waals surface area contributed by atoms with Gasteiger partial charge < -0.3 is 4.57 Å². The first-order valence-corrected chi connectivity index (χ1v) is 15.9. The average Bonchev–Trinajstić information content (AvgIpc) is 3.49. The highest BCUT2D eigenvalue weighted by Gasteiger charge is 2.24. The van der Waals surface area contributed by atoms with Crippen molar-refractivity contribution in [3.8, 4) is 16.8 Å². The van der Waals surface area contributed by atoms with Crippen molar-refractivity contribution in [2.75, 3.05) is 0 Å². The monoisotopic (exact) mass is 603 g/mol. The van der Waals surface area contributed by atoms with E-state index in [1.807, 2.05) is 48.7 Å². The van der Waals surface area contributed by atoms with Crippen molar-refractivity contribution in [3.05, 3.63) is 175 Å². The lowest BCUT2D eigenvalue weighted by atomic mass is 9.97. The van der Waals surface area contributed by atoms with Gasteiger partial charge in [0.25, 0.3) is 0 Å². The van der Waals surface area contributed by atoms with Gasteiger partial charge in [0.1, 0.15) is 6.04 Å². The number of rotatable bonds is 5. The Hall–Kier alpha value is -6.20. The fourth-order valence-corrected chi connectivity index (χ4v) is 6.64. The molecule has 1 aliphatic heterocycles. The molecule has 0 radical (unpaired) electrons. The zero-order valence-corrected chi connectivity index (χ0v) is 25.5. The summed E-state index contributed by atoms with van der Waals surface area (Å²) in [5.74, 6) is 1.42. The normalized spacial score (nSPS) is 14.8. The smallest absolute Gasteiger partial charge is 0.155 e. The molecule has 0 spiro atoms. The summed E-state index contributed by atoms with van der Waals surface area (Å²) in [6, 6.07) is 52.8. The van der Waals surface area contributed by atoms with E-state index < -0.39 is 0 Å². The third-order valence-electron chi connectivity index (χ3n) is 9.00. The predicted molar refractivity (Wildman–Crippen MR) is 193 cm³/mol. The number of nitrogens with zero attached hydrogens (tertiary/aromatic N) is 5. The lowest BCUT2D eigenvalue weighted by Crippen LogP contribution is -2.18. The number of aromatic nitrogens is 3. The molecule has 1 aliphatic rings. The molecule has 0 saturated carbocycles. The van der Waals surface area contributed by atoms with Crippen molar-refractivity contribution < 1.29 is 0 Å². The van der Waals surface area contributed by atoms with E-state index in [2.05, 4.69) is 114 Å². The minimum atomic E-state index is -0.226. The molecule has 0 saturated heterocycles. The van der Waals surface area contributed by atoms with Gasteiger partial charge in [0, 0.05) is 40.0 Å². The van der Waals surface area contributed by atoms with Gasteiger partial charge in [-0.1, -0.05) is 121 Å². The summed E-state index contributed by atoms with van der Waals surface area (Å²) in [5.41, 5.74) is 9.86. The molecule has 47 heavy (non-hydrogen) atoms. The summed E-state index contributed by atoms with van der Waals surface area (Å²) < 4.78 is 2.35. The summed E-state index contributed by atoms with van der Waals surface area (Å²) in [6.07, 6.45) is 2.52. The van der Waals surface area contributed by atoms with Gasteiger partial charge in [-0.3, -0.25) is 4.99 Å². The van der Waals surface area contributed by atoms with Crippen molar-refractivity contribution in [3.63, 3.8) is 0 Å². The highest BCUT2D eigenvalue weighted by atomic mass is 15.0. The minimum Gasteiger partial charge on any atom is -0.309 e. The fourth-order valence-electron chi connectivity index (χ4n) is 6.64. The molecule has 3 heterocycles. The molecule has 8 aromatic rings. The van der Waals surface area contributed by atoms with E-state index in [4.69, 9.17) is 20.0 Å². The van der Waals surface area contributed by atoms with Crippen molar-refractivity contribution in [2.45, 2.75) is 12.5 Å². The number of aliphatic imine (C=N–C) groups is 2. The molecular weight excluding hydrogens is 574 g/mol. The van der Waals surface area contributed by atoms with Crippen LogP contribution in [0.4, 0.5) is 0 Å². The molecule has 0 bridgehead atoms. The molecule has 2 aromatic heterocycles. The van der Waals surface area contributed by atoms with E-state index in [1.54, 1.807) is 0 Å². The first-order chi connectivity index (χ1) is 23.3. The number of hydrogen-bond acceptors (Lipinski definition) is 4. The van der Waals surface area contributed by atoms with E-state index in [-0.39, 0.29) is 6.04 Å². The molecule has 1 atom stereocenters. The molecule has 222 valence electrons. The van der Waals surface area contributed by atoms with Crippen LogP contribution >= 0.6 is 0 Å². The molecular formula is C42H29N5. The molecule has 6 aromatic carbocycles. The van der Waals surface area contributed by atoms with Crippen molar-refractivity contribution in [2.24, 2.45) is 9.98 Å². The first kappa shape index (κ1) is 27.1. The zero-order chi connectivity index (χ0) is 31.2. The van der Waals surface area contributed by atoms with E-state index in [0.29, 0.717) is 18.1 Å². The van der Waals surface area contributed by atoms with Gasteiger partial charge in [-0.15, -0.1) is 0 Å². The quantitative estimate of drug-likeness (QED) is 0.197. The number of amidine groups is 1. The van der Waals surface area contributed by atoms with Crippen molar-refractivity contribution in [1.29, 1.82) is 0 Å². The zero-order valence-electron chi connectivity index (χ0n) is 25.5. The Morgan fingerprint density at radius 1 is 0.532 bits per heavy atom. The second-order valence-corrected chi connectivity index (χ2v) is 11.9. The Labute approximate surface area is 272 Å². The fraction of sp³-hybridized carbons (Fsp3) is 0.0476. The second-order valence-electron chi connectivity index (χ2n) is 11.9. The maximum Gasteiger partial charge on any atom is 0.155 e. The SMILES string of the molecule is c1ccc(C2=NC(c3ncc4ccccc4n3)CC(c3ccc(-c4ccc(-n5c6ccccc6c6ccccc65)cc4)cc3)=N2)cc1. The largest absolute Gasteiger partial charge is 0.309 e. The average molecular weight is 604 g/mol. The second kappa shape index (κ2) is 11.3. The van der Waals surface area contributed by atoms with E-state index in [1.165, 1.54) is 27.4 Å². The van der Waals surface area contributed by atoms with Crippen LogP contribution in [0.15, 0.2) is 168 Å². The van der Waals surface area contributed by atoms with Crippen LogP contribution in [-0.4, -0.2) is 26.1 Å². The third kappa shape index (κ3) is 4.89. The van der Waals surface area contributed by atoms with Gasteiger partial charge in [0.05, 0.1) is 22.3 Å². The summed E-state index contributed by atoms with van der Waals surface area (Å²) >= 11 is 0. The Morgan fingerprint density at radius 3 is 1.85 bits per heavy atom. The van der Waals surface area contributed by atoms with Gasteiger partial charge in [0.2, 0.25) is 0 Å². The van der Waals surface area contributed by atoms with Gasteiger partial charge in [-0.2, -0.15) is 0 Å². The van der Waals surface area contributed by atoms with Crippen LogP contribution in [0.5, 0.6) is 0 Å². The van der Waals surface area contributed by atoms with Crippen LogP contribution in [0.2, 0.25) is 0 Å². The van der Waals surface area contributed by atoms with Gasteiger partial charge in [0.15, 0.2) is 11.7 Å². The maximum atomic E-state index is 5.06. The van der Waals surface area contributed by atoms with E-state index >= 15 is 0 Å². The summed E-state index contributed by atoms with van der Waals surface area (Å²) in [6.45, 7) is 0. The van der Waals surface area contributed by atoms with Gasteiger partial charge >= 0.3 is 0 Å². The molecule has 0 N–H and O–H groups in total. The molecule has 5 nitrogen and oxygen atoms in total. The molecule has 9 rings (SSSR count). The van der Waals surface area contributed by atoms with Crippen molar-refractivity contribution in [1.82, 2.24) is 14.5 Å². The predicted octanol–water partition coefficient (Wildman–Crippen LogP) is 9.77. The van der Waals surface area contributed by atoms with Crippen LogP contribution < -0.4 is 0 Å². The Kier molecular flexibility index (Phi) is 6.53. The summed E-state index contributed by atoms with van der Waals surface area (Å²) in [4.78, 5) is 19.7. The summed E-state index contributed by atoms with van der Waals surface area (Å²) in [7, 11) is 0. The molecule has 5 heteroatoms. The Balaban J connectivity index is 1.04. The van der Waals surface area contributed by atoms with Crippen LogP contribution in [0, 0.1) is 0 Å². The van der Waals surface area contributed by atoms with E-state index in [9.17, 15) is 0 Å². The highest BCUT2D eigenvalue weighted by molar-refractivity contribution is 6.14. The van der Waals surface area contributed by atoms with E-state index in [0.717, 1.165) is 39.0 Å². The van der Waals surface area contributed by atoms with Gasteiger partial charge in [-0.05, 0) is 47.0 Å². The minimum absolute atomic E-state index is 0.226. The molecule has 0 amide bonds.